The summed E-state index contributed by atoms with van der Waals surface area (Å²) in [4.78, 5) is 22.5. The zero-order chi connectivity index (χ0) is 17.2. The molecule has 0 atom stereocenters. The van der Waals surface area contributed by atoms with Gasteiger partial charge in [0.1, 0.15) is 5.82 Å². The Morgan fingerprint density at radius 3 is 2.64 bits per heavy atom. The fraction of sp³-hybridized carbons (Fsp3) is 0.238. The number of hydrogen-bond acceptors (Lipinski definition) is 3. The summed E-state index contributed by atoms with van der Waals surface area (Å²) in [7, 11) is 0. The van der Waals surface area contributed by atoms with Crippen LogP contribution in [0.25, 0.3) is 11.4 Å². The summed E-state index contributed by atoms with van der Waals surface area (Å²) in [5.74, 6) is 0.655. The van der Waals surface area contributed by atoms with Crippen molar-refractivity contribution >= 4 is 0 Å². The Labute approximate surface area is 147 Å². The molecule has 0 aliphatic carbocycles. The standard InChI is InChI=1S/C21H21N3O/c1-15-7-5-6-10-17(15)13-24-12-11-18-19(14-24)22-20(23-21(18)25)16-8-3-2-4-9-16/h2-10H,11-14H2,1H3,(H,22,23,25). The third-order valence-electron chi connectivity index (χ3n) is 4.85. The minimum Gasteiger partial charge on any atom is -0.306 e. The van der Waals surface area contributed by atoms with Gasteiger partial charge in [-0.05, 0) is 24.5 Å². The van der Waals surface area contributed by atoms with Crippen molar-refractivity contribution in [2.45, 2.75) is 26.4 Å². The van der Waals surface area contributed by atoms with Gasteiger partial charge in [-0.3, -0.25) is 9.69 Å². The SMILES string of the molecule is Cc1ccccc1CN1CCc2c(nc(-c3ccccc3)[nH]c2=O)C1. The quantitative estimate of drug-likeness (QED) is 0.801. The van der Waals surface area contributed by atoms with Crippen LogP contribution in [0, 0.1) is 6.92 Å². The van der Waals surface area contributed by atoms with Crippen LogP contribution in [0.3, 0.4) is 0 Å². The summed E-state index contributed by atoms with van der Waals surface area (Å²) in [5, 5.41) is 0. The number of nitrogens with one attached hydrogen (secondary N) is 1. The molecule has 0 spiro atoms. The second-order valence-electron chi connectivity index (χ2n) is 6.59. The molecule has 0 amide bonds. The molecule has 0 radical (unpaired) electrons. The zero-order valence-electron chi connectivity index (χ0n) is 14.3. The second kappa shape index (κ2) is 6.65. The van der Waals surface area contributed by atoms with Gasteiger partial charge >= 0.3 is 0 Å². The van der Waals surface area contributed by atoms with Crippen LogP contribution in [0.5, 0.6) is 0 Å². The highest BCUT2D eigenvalue weighted by Crippen LogP contribution is 2.20. The van der Waals surface area contributed by atoms with E-state index in [4.69, 9.17) is 4.98 Å². The Kier molecular flexibility index (Phi) is 4.20. The van der Waals surface area contributed by atoms with Gasteiger partial charge in [0.25, 0.3) is 5.56 Å². The number of aromatic nitrogens is 2. The van der Waals surface area contributed by atoms with E-state index in [0.717, 1.165) is 36.3 Å². The van der Waals surface area contributed by atoms with Crippen molar-refractivity contribution in [2.24, 2.45) is 0 Å². The number of aromatic amines is 1. The normalized spacial score (nSPS) is 14.3. The summed E-state index contributed by atoms with van der Waals surface area (Å²) in [6.45, 7) is 4.63. The Bertz CT molecular complexity index is 947. The molecule has 0 saturated heterocycles. The first-order chi connectivity index (χ1) is 12.2. The van der Waals surface area contributed by atoms with Crippen molar-refractivity contribution in [1.82, 2.24) is 14.9 Å². The first-order valence-corrected chi connectivity index (χ1v) is 8.65. The van der Waals surface area contributed by atoms with Gasteiger partial charge in [0, 0.05) is 30.8 Å². The van der Waals surface area contributed by atoms with Crippen molar-refractivity contribution in [2.75, 3.05) is 6.54 Å². The third-order valence-corrected chi connectivity index (χ3v) is 4.85. The van der Waals surface area contributed by atoms with Crippen LogP contribution >= 0.6 is 0 Å². The Morgan fingerprint density at radius 2 is 1.84 bits per heavy atom. The molecule has 2 heterocycles. The predicted octanol–water partition coefficient (Wildman–Crippen LogP) is 3.30. The first kappa shape index (κ1) is 15.8. The van der Waals surface area contributed by atoms with Gasteiger partial charge in [0.15, 0.2) is 0 Å². The lowest BCUT2D eigenvalue weighted by Crippen LogP contribution is -2.35. The summed E-state index contributed by atoms with van der Waals surface area (Å²) in [6.07, 6.45) is 0.749. The van der Waals surface area contributed by atoms with Crippen LogP contribution < -0.4 is 5.56 Å². The maximum atomic E-state index is 12.5. The lowest BCUT2D eigenvalue weighted by Gasteiger charge is -2.28. The molecule has 1 N–H and O–H groups in total. The van der Waals surface area contributed by atoms with Gasteiger partial charge in [-0.1, -0.05) is 54.6 Å². The fourth-order valence-electron chi connectivity index (χ4n) is 3.39. The van der Waals surface area contributed by atoms with Crippen molar-refractivity contribution in [1.29, 1.82) is 0 Å². The molecular formula is C21H21N3O. The van der Waals surface area contributed by atoms with Gasteiger partial charge in [0.2, 0.25) is 0 Å². The molecule has 0 fully saturated rings. The summed E-state index contributed by atoms with van der Waals surface area (Å²) < 4.78 is 0. The number of rotatable bonds is 3. The van der Waals surface area contributed by atoms with Crippen LogP contribution in [0.4, 0.5) is 0 Å². The number of benzene rings is 2. The van der Waals surface area contributed by atoms with Gasteiger partial charge in [-0.15, -0.1) is 0 Å². The molecule has 4 nitrogen and oxygen atoms in total. The van der Waals surface area contributed by atoms with Gasteiger partial charge in [-0.25, -0.2) is 4.98 Å². The van der Waals surface area contributed by atoms with E-state index < -0.39 is 0 Å². The molecule has 2 aromatic carbocycles. The highest BCUT2D eigenvalue weighted by Gasteiger charge is 2.21. The number of H-pyrrole nitrogens is 1. The number of hydrogen-bond donors (Lipinski definition) is 1. The molecule has 1 aromatic heterocycles. The summed E-state index contributed by atoms with van der Waals surface area (Å²) in [5.41, 5.74) is 5.32. The molecule has 0 bridgehead atoms. The Morgan fingerprint density at radius 1 is 1.08 bits per heavy atom. The van der Waals surface area contributed by atoms with Crippen molar-refractivity contribution < 1.29 is 0 Å². The minimum atomic E-state index is -0.000560. The molecule has 126 valence electrons. The van der Waals surface area contributed by atoms with Crippen LogP contribution in [-0.2, 0) is 19.5 Å². The number of aryl methyl sites for hydroxylation is 1. The van der Waals surface area contributed by atoms with E-state index in [2.05, 4.69) is 41.1 Å². The van der Waals surface area contributed by atoms with E-state index in [1.165, 1.54) is 11.1 Å². The summed E-state index contributed by atoms with van der Waals surface area (Å²) >= 11 is 0. The first-order valence-electron chi connectivity index (χ1n) is 8.65. The molecule has 3 aromatic rings. The molecule has 0 unspecified atom stereocenters. The Hall–Kier alpha value is -2.72. The van der Waals surface area contributed by atoms with Gasteiger partial charge in [0.05, 0.1) is 5.69 Å². The molecular weight excluding hydrogens is 310 g/mol. The lowest BCUT2D eigenvalue weighted by molar-refractivity contribution is 0.240. The average molecular weight is 331 g/mol. The largest absolute Gasteiger partial charge is 0.306 e. The monoisotopic (exact) mass is 331 g/mol. The van der Waals surface area contributed by atoms with Crippen LogP contribution in [0.1, 0.15) is 22.4 Å². The fourth-order valence-corrected chi connectivity index (χ4v) is 3.39. The predicted molar refractivity (Wildman–Crippen MR) is 99.3 cm³/mol. The maximum absolute atomic E-state index is 12.5. The molecule has 1 aliphatic rings. The zero-order valence-corrected chi connectivity index (χ0v) is 14.3. The van der Waals surface area contributed by atoms with E-state index in [1.807, 2.05) is 30.3 Å². The number of fused-ring (bicyclic) bond motifs is 1. The molecule has 0 saturated carbocycles. The Balaban J connectivity index is 1.63. The van der Waals surface area contributed by atoms with Crippen molar-refractivity contribution in [3.63, 3.8) is 0 Å². The van der Waals surface area contributed by atoms with E-state index >= 15 is 0 Å². The van der Waals surface area contributed by atoms with E-state index in [9.17, 15) is 4.79 Å². The second-order valence-corrected chi connectivity index (χ2v) is 6.59. The van der Waals surface area contributed by atoms with E-state index in [0.29, 0.717) is 12.4 Å². The molecule has 1 aliphatic heterocycles. The maximum Gasteiger partial charge on any atom is 0.254 e. The molecule has 4 heteroatoms. The molecule has 25 heavy (non-hydrogen) atoms. The van der Waals surface area contributed by atoms with Crippen LogP contribution in [-0.4, -0.2) is 21.4 Å². The molecule has 4 rings (SSSR count). The highest BCUT2D eigenvalue weighted by atomic mass is 16.1. The average Bonchev–Trinajstić information content (AvgIpc) is 2.64. The lowest BCUT2D eigenvalue weighted by atomic mass is 10.0. The smallest absolute Gasteiger partial charge is 0.254 e. The van der Waals surface area contributed by atoms with Crippen LogP contribution in [0.15, 0.2) is 59.4 Å². The highest BCUT2D eigenvalue weighted by molar-refractivity contribution is 5.54. The van der Waals surface area contributed by atoms with Crippen LogP contribution in [0.2, 0.25) is 0 Å². The summed E-state index contributed by atoms with van der Waals surface area (Å²) in [6, 6.07) is 18.3. The van der Waals surface area contributed by atoms with E-state index in [-0.39, 0.29) is 5.56 Å². The number of nitrogens with zero attached hydrogens (tertiary/aromatic N) is 2. The van der Waals surface area contributed by atoms with Crippen molar-refractivity contribution in [3.05, 3.63) is 87.3 Å². The van der Waals surface area contributed by atoms with E-state index in [1.54, 1.807) is 0 Å². The van der Waals surface area contributed by atoms with Crippen molar-refractivity contribution in [3.8, 4) is 11.4 Å². The topological polar surface area (TPSA) is 49.0 Å². The third kappa shape index (κ3) is 3.26. The van der Waals surface area contributed by atoms with Gasteiger partial charge in [-0.2, -0.15) is 0 Å². The minimum absolute atomic E-state index is 0.000560. The van der Waals surface area contributed by atoms with Gasteiger partial charge < -0.3 is 4.98 Å².